The summed E-state index contributed by atoms with van der Waals surface area (Å²) in [5, 5.41) is 0.764. The summed E-state index contributed by atoms with van der Waals surface area (Å²) in [6, 6.07) is 8.07. The maximum atomic E-state index is 5.87. The second-order valence-electron chi connectivity index (χ2n) is 4.51. The first-order chi connectivity index (χ1) is 8.29. The van der Waals surface area contributed by atoms with Crippen LogP contribution in [0, 0.1) is 0 Å². The lowest BCUT2D eigenvalue weighted by Gasteiger charge is -2.30. The Labute approximate surface area is 107 Å². The molecule has 1 fully saturated rings. The fourth-order valence-corrected chi connectivity index (χ4v) is 2.38. The molecule has 1 heterocycles. The molecule has 0 saturated carbocycles. The van der Waals surface area contributed by atoms with Crippen LogP contribution in [0.3, 0.4) is 0 Å². The van der Waals surface area contributed by atoms with Crippen molar-refractivity contribution in [1.82, 2.24) is 5.43 Å². The predicted octanol–water partition coefficient (Wildman–Crippen LogP) is 2.28. The molecule has 0 spiro atoms. The number of halogens is 1. The van der Waals surface area contributed by atoms with Gasteiger partial charge >= 0.3 is 0 Å². The molecule has 17 heavy (non-hydrogen) atoms. The lowest BCUT2D eigenvalue weighted by molar-refractivity contribution is -0.00744. The second kappa shape index (κ2) is 6.36. The SMILES string of the molecule is NNC(Cc1ccc(Cl)cc1)C1CCCCO1. The van der Waals surface area contributed by atoms with E-state index in [1.165, 1.54) is 12.0 Å². The van der Waals surface area contributed by atoms with Crippen LogP contribution in [0.25, 0.3) is 0 Å². The van der Waals surface area contributed by atoms with Crippen LogP contribution in [-0.2, 0) is 11.2 Å². The number of ether oxygens (including phenoxy) is 1. The van der Waals surface area contributed by atoms with Crippen molar-refractivity contribution in [2.45, 2.75) is 37.8 Å². The fraction of sp³-hybridized carbons (Fsp3) is 0.538. The van der Waals surface area contributed by atoms with Gasteiger partial charge in [0.05, 0.1) is 12.1 Å². The van der Waals surface area contributed by atoms with E-state index in [2.05, 4.69) is 5.43 Å². The first kappa shape index (κ1) is 12.8. The van der Waals surface area contributed by atoms with Gasteiger partial charge in [-0.05, 0) is 43.4 Å². The van der Waals surface area contributed by atoms with Crippen molar-refractivity contribution < 1.29 is 4.74 Å². The van der Waals surface area contributed by atoms with Crippen LogP contribution in [0.5, 0.6) is 0 Å². The minimum absolute atomic E-state index is 0.177. The van der Waals surface area contributed by atoms with Crippen molar-refractivity contribution in [1.29, 1.82) is 0 Å². The molecule has 2 atom stereocenters. The predicted molar refractivity (Wildman–Crippen MR) is 69.9 cm³/mol. The average Bonchev–Trinajstić information content (AvgIpc) is 2.39. The van der Waals surface area contributed by atoms with E-state index in [-0.39, 0.29) is 12.1 Å². The first-order valence-corrected chi connectivity index (χ1v) is 6.49. The largest absolute Gasteiger partial charge is 0.377 e. The number of benzene rings is 1. The van der Waals surface area contributed by atoms with Crippen molar-refractivity contribution in [2.75, 3.05) is 6.61 Å². The number of hydrogen-bond donors (Lipinski definition) is 2. The maximum Gasteiger partial charge on any atom is 0.0744 e. The molecular weight excluding hydrogens is 236 g/mol. The van der Waals surface area contributed by atoms with Gasteiger partial charge in [-0.3, -0.25) is 11.3 Å². The number of nitrogens with one attached hydrogen (secondary N) is 1. The minimum atomic E-state index is 0.177. The molecule has 2 unspecified atom stereocenters. The van der Waals surface area contributed by atoms with Gasteiger partial charge in [0, 0.05) is 11.6 Å². The highest BCUT2D eigenvalue weighted by Crippen LogP contribution is 2.19. The maximum absolute atomic E-state index is 5.87. The average molecular weight is 255 g/mol. The molecule has 0 aliphatic carbocycles. The lowest BCUT2D eigenvalue weighted by atomic mass is 9.96. The summed E-state index contributed by atoms with van der Waals surface area (Å²) in [4.78, 5) is 0. The molecule has 2 rings (SSSR count). The Hall–Kier alpha value is -0.610. The fourth-order valence-electron chi connectivity index (χ4n) is 2.26. The van der Waals surface area contributed by atoms with Crippen LogP contribution >= 0.6 is 11.6 Å². The Balaban J connectivity index is 1.96. The smallest absolute Gasteiger partial charge is 0.0744 e. The quantitative estimate of drug-likeness (QED) is 0.640. The molecule has 4 heteroatoms. The monoisotopic (exact) mass is 254 g/mol. The van der Waals surface area contributed by atoms with E-state index in [4.69, 9.17) is 22.2 Å². The van der Waals surface area contributed by atoms with Gasteiger partial charge in [-0.1, -0.05) is 23.7 Å². The molecule has 0 radical (unpaired) electrons. The van der Waals surface area contributed by atoms with E-state index in [0.717, 1.165) is 30.9 Å². The summed E-state index contributed by atoms with van der Waals surface area (Å²) < 4.78 is 5.76. The van der Waals surface area contributed by atoms with E-state index in [9.17, 15) is 0 Å². The van der Waals surface area contributed by atoms with Crippen molar-refractivity contribution in [3.8, 4) is 0 Å². The normalized spacial score (nSPS) is 22.4. The van der Waals surface area contributed by atoms with Crippen LogP contribution < -0.4 is 11.3 Å². The molecule has 0 bridgehead atoms. The van der Waals surface area contributed by atoms with Gasteiger partial charge < -0.3 is 4.74 Å². The highest BCUT2D eigenvalue weighted by Gasteiger charge is 2.23. The Kier molecular flexibility index (Phi) is 4.80. The second-order valence-corrected chi connectivity index (χ2v) is 4.95. The van der Waals surface area contributed by atoms with E-state index < -0.39 is 0 Å². The molecule has 3 N–H and O–H groups in total. The third kappa shape index (κ3) is 3.68. The zero-order chi connectivity index (χ0) is 12.1. The van der Waals surface area contributed by atoms with Gasteiger partial charge in [-0.25, -0.2) is 0 Å². The summed E-state index contributed by atoms with van der Waals surface area (Å²) in [5.74, 6) is 5.63. The van der Waals surface area contributed by atoms with Crippen molar-refractivity contribution >= 4 is 11.6 Å². The van der Waals surface area contributed by atoms with Crippen molar-refractivity contribution in [3.63, 3.8) is 0 Å². The van der Waals surface area contributed by atoms with Crippen molar-refractivity contribution in [3.05, 3.63) is 34.9 Å². The first-order valence-electron chi connectivity index (χ1n) is 6.12. The number of hydrazine groups is 1. The van der Waals surface area contributed by atoms with E-state index >= 15 is 0 Å². The highest BCUT2D eigenvalue weighted by molar-refractivity contribution is 6.30. The van der Waals surface area contributed by atoms with Gasteiger partial charge in [0.15, 0.2) is 0 Å². The molecule has 3 nitrogen and oxygen atoms in total. The Morgan fingerprint density at radius 2 is 2.12 bits per heavy atom. The molecule has 1 aromatic rings. The molecule has 1 aliphatic rings. The number of rotatable bonds is 4. The van der Waals surface area contributed by atoms with E-state index in [1.54, 1.807) is 0 Å². The topological polar surface area (TPSA) is 47.3 Å². The van der Waals surface area contributed by atoms with Gasteiger partial charge in [0.25, 0.3) is 0 Å². The van der Waals surface area contributed by atoms with Crippen molar-refractivity contribution in [2.24, 2.45) is 5.84 Å². The molecule has 1 saturated heterocycles. The third-order valence-corrected chi connectivity index (χ3v) is 3.50. The molecule has 0 aromatic heterocycles. The Morgan fingerprint density at radius 1 is 1.35 bits per heavy atom. The minimum Gasteiger partial charge on any atom is -0.377 e. The summed E-state index contributed by atoms with van der Waals surface area (Å²) in [7, 11) is 0. The highest BCUT2D eigenvalue weighted by atomic mass is 35.5. The van der Waals surface area contributed by atoms with Crippen LogP contribution in [0.4, 0.5) is 0 Å². The van der Waals surface area contributed by atoms with Gasteiger partial charge in [-0.15, -0.1) is 0 Å². The molecule has 94 valence electrons. The number of nitrogens with two attached hydrogens (primary N) is 1. The third-order valence-electron chi connectivity index (χ3n) is 3.25. The molecule has 0 amide bonds. The molecule has 1 aliphatic heterocycles. The Morgan fingerprint density at radius 3 is 2.71 bits per heavy atom. The van der Waals surface area contributed by atoms with Crippen LogP contribution in [0.1, 0.15) is 24.8 Å². The van der Waals surface area contributed by atoms with Gasteiger partial charge in [0.1, 0.15) is 0 Å². The molecule has 1 aromatic carbocycles. The Bertz CT molecular complexity index is 336. The van der Waals surface area contributed by atoms with Crippen LogP contribution in [0.2, 0.25) is 5.02 Å². The summed E-state index contributed by atoms with van der Waals surface area (Å²) in [5.41, 5.74) is 4.11. The lowest BCUT2D eigenvalue weighted by Crippen LogP contribution is -2.47. The summed E-state index contributed by atoms with van der Waals surface area (Å²) in [6.07, 6.45) is 4.57. The number of hydrogen-bond acceptors (Lipinski definition) is 3. The zero-order valence-corrected chi connectivity index (χ0v) is 10.6. The van der Waals surface area contributed by atoms with Crippen LogP contribution in [-0.4, -0.2) is 18.8 Å². The zero-order valence-electron chi connectivity index (χ0n) is 9.86. The van der Waals surface area contributed by atoms with Gasteiger partial charge in [0.2, 0.25) is 0 Å². The van der Waals surface area contributed by atoms with E-state index in [0.29, 0.717) is 0 Å². The van der Waals surface area contributed by atoms with Crippen LogP contribution in [0.15, 0.2) is 24.3 Å². The summed E-state index contributed by atoms with van der Waals surface area (Å²) >= 11 is 5.87. The standard InChI is InChI=1S/C13H19ClN2O/c14-11-6-4-10(5-7-11)9-12(16-15)13-3-1-2-8-17-13/h4-7,12-13,16H,1-3,8-9,15H2. The summed E-state index contributed by atoms with van der Waals surface area (Å²) in [6.45, 7) is 0.851. The molecular formula is C13H19ClN2O. The van der Waals surface area contributed by atoms with E-state index in [1.807, 2.05) is 24.3 Å². The van der Waals surface area contributed by atoms with Gasteiger partial charge in [-0.2, -0.15) is 0 Å².